The topological polar surface area (TPSA) is 82.3 Å². The smallest absolute Gasteiger partial charge is 0.364 e. The minimum atomic E-state index is -4.87. The van der Waals surface area contributed by atoms with Crippen molar-refractivity contribution < 1.29 is 22.7 Å². The predicted molar refractivity (Wildman–Crippen MR) is 101 cm³/mol. The lowest BCUT2D eigenvalue weighted by molar-refractivity contribution is -0.144. The molecule has 1 aromatic carbocycles. The summed E-state index contributed by atoms with van der Waals surface area (Å²) in [5.41, 5.74) is -3.65. The normalized spacial score (nSPS) is 12.2. The van der Waals surface area contributed by atoms with Crippen LogP contribution in [0.1, 0.15) is 11.3 Å². The quantitative estimate of drug-likeness (QED) is 0.559. The fraction of sp³-hybridized carbons (Fsp3) is 0.235. The summed E-state index contributed by atoms with van der Waals surface area (Å²) < 4.78 is 44.5. The number of ether oxygens (including phenoxy) is 1. The van der Waals surface area contributed by atoms with E-state index < -0.39 is 29.0 Å². The van der Waals surface area contributed by atoms with E-state index in [0.29, 0.717) is 15.2 Å². The highest BCUT2D eigenvalue weighted by molar-refractivity contribution is 6.44. The maximum Gasteiger partial charge on any atom is 0.431 e. The Hall–Kier alpha value is -2.56. The average Bonchev–Trinajstić information content (AvgIpc) is 2.64. The van der Waals surface area contributed by atoms with E-state index in [1.54, 1.807) is 0 Å². The van der Waals surface area contributed by atoms with E-state index in [0.717, 1.165) is 7.05 Å². The molecule has 156 valence electrons. The molecular formula is C17H14Cl2F3N3O4. The highest BCUT2D eigenvalue weighted by atomic mass is 35.5. The molecule has 2 aromatic rings. The van der Waals surface area contributed by atoms with Crippen LogP contribution in [-0.2, 0) is 22.8 Å². The fourth-order valence-corrected chi connectivity index (χ4v) is 2.70. The van der Waals surface area contributed by atoms with Gasteiger partial charge in [0.15, 0.2) is 0 Å². The molecule has 0 fully saturated rings. The molecule has 0 aliphatic heterocycles. The van der Waals surface area contributed by atoms with Crippen molar-refractivity contribution in [2.45, 2.75) is 6.18 Å². The van der Waals surface area contributed by atoms with Crippen LogP contribution in [0.25, 0.3) is 11.8 Å². The van der Waals surface area contributed by atoms with Crippen LogP contribution in [0, 0.1) is 0 Å². The van der Waals surface area contributed by atoms with Crippen molar-refractivity contribution in [1.82, 2.24) is 14.5 Å². The van der Waals surface area contributed by atoms with Gasteiger partial charge in [0.25, 0.3) is 11.5 Å². The molecule has 12 heteroatoms. The summed E-state index contributed by atoms with van der Waals surface area (Å²) in [6.07, 6.45) is -3.69. The third kappa shape index (κ3) is 5.08. The van der Waals surface area contributed by atoms with Crippen molar-refractivity contribution >= 4 is 35.2 Å². The molecule has 0 bridgehead atoms. The first kappa shape index (κ1) is 22.7. The van der Waals surface area contributed by atoms with Gasteiger partial charge in [-0.3, -0.25) is 14.2 Å². The maximum absolute atomic E-state index is 13.0. The molecule has 0 aliphatic rings. The number of hydrogen-bond donors (Lipinski definition) is 1. The van der Waals surface area contributed by atoms with E-state index in [1.807, 2.05) is 0 Å². The first-order chi connectivity index (χ1) is 13.5. The summed E-state index contributed by atoms with van der Waals surface area (Å²) >= 11 is 12.0. The molecule has 1 N–H and O–H groups in total. The Morgan fingerprint density at radius 2 is 1.93 bits per heavy atom. The number of carbonyl (C=O) groups is 1. The van der Waals surface area contributed by atoms with E-state index in [1.165, 1.54) is 31.4 Å². The summed E-state index contributed by atoms with van der Waals surface area (Å²) in [4.78, 5) is 36.4. The Labute approximate surface area is 171 Å². The van der Waals surface area contributed by atoms with Crippen LogP contribution >= 0.6 is 23.2 Å². The molecule has 0 radical (unpaired) electrons. The van der Waals surface area contributed by atoms with Crippen molar-refractivity contribution in [1.29, 1.82) is 0 Å². The Morgan fingerprint density at radius 1 is 1.28 bits per heavy atom. The highest BCUT2D eigenvalue weighted by Gasteiger charge is 2.35. The van der Waals surface area contributed by atoms with Gasteiger partial charge in [-0.2, -0.15) is 13.2 Å². The number of halogens is 5. The second-order valence-electron chi connectivity index (χ2n) is 5.68. The first-order valence-corrected chi connectivity index (χ1v) is 8.57. The highest BCUT2D eigenvalue weighted by Crippen LogP contribution is 2.27. The van der Waals surface area contributed by atoms with Crippen LogP contribution in [0.5, 0.6) is 0 Å². The number of aromatic nitrogens is 2. The molecule has 7 nitrogen and oxygen atoms in total. The number of carbonyl (C=O) groups excluding carboxylic acids is 1. The molecule has 0 unspecified atom stereocenters. The summed E-state index contributed by atoms with van der Waals surface area (Å²) in [5, 5.41) is 2.20. The number of hydrogen-bond acceptors (Lipinski definition) is 4. The SMILES string of the molecule is COCNC(=O)/C(Cl)=C/c1cc(-n2c(=O)cc(C(F)(F)F)n(C)c2=O)ccc1Cl. The Morgan fingerprint density at radius 3 is 2.52 bits per heavy atom. The van der Waals surface area contributed by atoms with Gasteiger partial charge in [0, 0.05) is 25.2 Å². The zero-order valence-electron chi connectivity index (χ0n) is 15.0. The largest absolute Gasteiger partial charge is 0.431 e. The number of benzene rings is 1. The van der Waals surface area contributed by atoms with Gasteiger partial charge in [0.1, 0.15) is 17.5 Å². The molecule has 0 aliphatic carbocycles. The van der Waals surface area contributed by atoms with Crippen molar-refractivity contribution in [3.63, 3.8) is 0 Å². The minimum absolute atomic E-state index is 0.0539. The third-order valence-electron chi connectivity index (χ3n) is 3.72. The second kappa shape index (κ2) is 8.85. The monoisotopic (exact) mass is 451 g/mol. The van der Waals surface area contributed by atoms with E-state index in [2.05, 4.69) is 10.1 Å². The van der Waals surface area contributed by atoms with Gasteiger partial charge in [-0.15, -0.1) is 0 Å². The standard InChI is InChI=1S/C17H14Cl2F3N3O4/c1-24-13(17(20,21)22)7-14(26)25(16(24)28)10-3-4-11(18)9(5-10)6-12(19)15(27)23-8-29-2/h3-7H,8H2,1-2H3,(H,23,27)/b12-6-. The first-order valence-electron chi connectivity index (χ1n) is 7.82. The van der Waals surface area contributed by atoms with Gasteiger partial charge in [-0.25, -0.2) is 9.36 Å². The molecule has 2 rings (SSSR count). The van der Waals surface area contributed by atoms with E-state index in [-0.39, 0.29) is 28.0 Å². The molecule has 1 aromatic heterocycles. The number of methoxy groups -OCH3 is 1. The Bertz CT molecular complexity index is 1090. The summed E-state index contributed by atoms with van der Waals surface area (Å²) in [6, 6.07) is 4.14. The Balaban J connectivity index is 2.58. The molecule has 0 saturated carbocycles. The Kier molecular flexibility index (Phi) is 6.93. The molecular weight excluding hydrogens is 438 g/mol. The number of nitrogens with one attached hydrogen (secondary N) is 1. The lowest BCUT2D eigenvalue weighted by atomic mass is 10.1. The van der Waals surface area contributed by atoms with Gasteiger partial charge in [-0.1, -0.05) is 23.2 Å². The number of nitrogens with zero attached hydrogens (tertiary/aromatic N) is 2. The zero-order valence-corrected chi connectivity index (χ0v) is 16.5. The molecule has 0 atom stereocenters. The van der Waals surface area contributed by atoms with Crippen molar-refractivity contribution in [2.24, 2.45) is 7.05 Å². The average molecular weight is 452 g/mol. The molecule has 1 amide bonds. The van der Waals surface area contributed by atoms with Gasteiger partial charge in [0.2, 0.25) is 0 Å². The minimum Gasteiger partial charge on any atom is -0.364 e. The maximum atomic E-state index is 13.0. The van der Waals surface area contributed by atoms with Crippen LogP contribution in [0.2, 0.25) is 5.02 Å². The van der Waals surface area contributed by atoms with Gasteiger partial charge >= 0.3 is 11.9 Å². The zero-order chi connectivity index (χ0) is 21.9. The summed E-state index contributed by atoms with van der Waals surface area (Å²) in [7, 11) is 2.26. The van der Waals surface area contributed by atoms with Crippen LogP contribution in [0.4, 0.5) is 13.2 Å². The van der Waals surface area contributed by atoms with E-state index in [9.17, 15) is 27.6 Å². The van der Waals surface area contributed by atoms with Gasteiger partial charge in [0.05, 0.1) is 5.69 Å². The molecule has 0 spiro atoms. The number of amides is 1. The van der Waals surface area contributed by atoms with Gasteiger partial charge < -0.3 is 10.1 Å². The van der Waals surface area contributed by atoms with E-state index >= 15 is 0 Å². The van der Waals surface area contributed by atoms with Crippen molar-refractivity contribution in [3.05, 3.63) is 66.4 Å². The van der Waals surface area contributed by atoms with Crippen LogP contribution in [0.15, 0.2) is 38.9 Å². The van der Waals surface area contributed by atoms with E-state index in [4.69, 9.17) is 23.2 Å². The predicted octanol–water partition coefficient (Wildman–Crippen LogP) is 2.51. The third-order valence-corrected chi connectivity index (χ3v) is 4.35. The van der Waals surface area contributed by atoms with Crippen molar-refractivity contribution in [2.75, 3.05) is 13.8 Å². The molecule has 29 heavy (non-hydrogen) atoms. The summed E-state index contributed by atoms with van der Waals surface area (Å²) in [6.45, 7) is -0.0896. The number of rotatable bonds is 5. The van der Waals surface area contributed by atoms with Crippen LogP contribution < -0.4 is 16.6 Å². The second-order valence-corrected chi connectivity index (χ2v) is 6.49. The molecule has 0 saturated heterocycles. The number of alkyl halides is 3. The summed E-state index contributed by atoms with van der Waals surface area (Å²) in [5.74, 6) is -0.669. The molecule has 1 heterocycles. The lowest BCUT2D eigenvalue weighted by Crippen LogP contribution is -2.40. The lowest BCUT2D eigenvalue weighted by Gasteiger charge is -2.14. The van der Waals surface area contributed by atoms with Crippen LogP contribution in [0.3, 0.4) is 0 Å². The van der Waals surface area contributed by atoms with Crippen molar-refractivity contribution in [3.8, 4) is 5.69 Å². The van der Waals surface area contributed by atoms with Gasteiger partial charge in [-0.05, 0) is 29.8 Å². The van der Waals surface area contributed by atoms with Crippen LogP contribution in [-0.4, -0.2) is 28.9 Å². The fourth-order valence-electron chi connectivity index (χ4n) is 2.34.